The highest BCUT2D eigenvalue weighted by Gasteiger charge is 2.30. The lowest BCUT2D eigenvalue weighted by molar-refractivity contribution is -0.129. The Bertz CT molecular complexity index is 406. The third-order valence-corrected chi connectivity index (χ3v) is 2.40. The highest BCUT2D eigenvalue weighted by Crippen LogP contribution is 2.12. The van der Waals surface area contributed by atoms with Crippen molar-refractivity contribution in [3.8, 4) is 0 Å². The van der Waals surface area contributed by atoms with E-state index in [1.807, 2.05) is 0 Å². The van der Waals surface area contributed by atoms with E-state index in [2.05, 4.69) is 0 Å². The molecule has 84 valence electrons. The normalized spacial score (nSPS) is 11.9. The van der Waals surface area contributed by atoms with Gasteiger partial charge in [0.25, 0.3) is 0 Å². The van der Waals surface area contributed by atoms with Gasteiger partial charge in [0.2, 0.25) is 0 Å². The second-order valence-corrected chi connectivity index (χ2v) is 3.59. The van der Waals surface area contributed by atoms with Crippen molar-refractivity contribution in [1.29, 1.82) is 0 Å². The van der Waals surface area contributed by atoms with Gasteiger partial charge in [0.05, 0.1) is 0 Å². The lowest BCUT2D eigenvalue weighted by Crippen LogP contribution is -2.30. The Balaban J connectivity index is 3.02. The van der Waals surface area contributed by atoms with E-state index in [0.717, 1.165) is 0 Å². The van der Waals surface area contributed by atoms with Crippen LogP contribution in [-0.4, -0.2) is 17.3 Å². The second kappa shape index (κ2) is 5.35. The molecule has 1 rings (SSSR count). The van der Waals surface area contributed by atoms with Gasteiger partial charge in [-0.25, -0.2) is 0 Å². The van der Waals surface area contributed by atoms with E-state index in [4.69, 9.17) is 0 Å². The van der Waals surface area contributed by atoms with E-state index < -0.39 is 11.7 Å². The minimum atomic E-state index is -1.13. The van der Waals surface area contributed by atoms with Crippen LogP contribution >= 0.6 is 0 Å². The molecule has 1 atom stereocenters. The first kappa shape index (κ1) is 12.3. The van der Waals surface area contributed by atoms with Gasteiger partial charge in [-0.1, -0.05) is 37.3 Å². The van der Waals surface area contributed by atoms with Crippen LogP contribution in [0, 0.1) is 5.92 Å². The Morgan fingerprint density at radius 1 is 1.12 bits per heavy atom. The summed E-state index contributed by atoms with van der Waals surface area (Å²) in [4.78, 5) is 34.8. The molecule has 1 aromatic rings. The maximum atomic E-state index is 11.9. The van der Waals surface area contributed by atoms with E-state index in [1.165, 1.54) is 6.92 Å². The molecule has 0 aliphatic rings. The van der Waals surface area contributed by atoms with E-state index in [-0.39, 0.29) is 18.0 Å². The van der Waals surface area contributed by atoms with Crippen LogP contribution in [-0.2, 0) is 9.59 Å². The summed E-state index contributed by atoms with van der Waals surface area (Å²) in [5, 5.41) is 0. The molecule has 0 amide bonds. The molecule has 3 heteroatoms. The van der Waals surface area contributed by atoms with Crippen molar-refractivity contribution in [3.05, 3.63) is 35.9 Å². The Hall–Kier alpha value is -1.77. The van der Waals surface area contributed by atoms with Crippen molar-refractivity contribution in [2.24, 2.45) is 5.92 Å². The first-order valence-electron chi connectivity index (χ1n) is 5.20. The number of carbonyl (C=O) groups is 3. The van der Waals surface area contributed by atoms with Gasteiger partial charge in [-0.2, -0.15) is 0 Å². The molecule has 16 heavy (non-hydrogen) atoms. The van der Waals surface area contributed by atoms with Crippen molar-refractivity contribution in [2.45, 2.75) is 20.3 Å². The molecular formula is C13H14O3. The quantitative estimate of drug-likeness (QED) is 0.561. The Labute approximate surface area is 94.5 Å². The molecule has 0 aliphatic heterocycles. The fourth-order valence-electron chi connectivity index (χ4n) is 1.53. The standard InChI is InChI=1S/C13H14O3/c1-3-11(15)12(9(2)14)13(16)10-7-5-4-6-8-10/h4-8,12H,3H2,1-2H3. The van der Waals surface area contributed by atoms with Crippen LogP contribution in [0.15, 0.2) is 30.3 Å². The Morgan fingerprint density at radius 2 is 1.69 bits per heavy atom. The fraction of sp³-hybridized carbons (Fsp3) is 0.308. The van der Waals surface area contributed by atoms with Crippen LogP contribution in [0.3, 0.4) is 0 Å². The van der Waals surface area contributed by atoms with Crippen LogP contribution in [0.1, 0.15) is 30.6 Å². The molecule has 0 heterocycles. The minimum Gasteiger partial charge on any atom is -0.299 e. The molecule has 1 unspecified atom stereocenters. The average molecular weight is 218 g/mol. The van der Waals surface area contributed by atoms with Gasteiger partial charge >= 0.3 is 0 Å². The number of Topliss-reactive ketones (excluding diaryl/α,β-unsaturated/α-hetero) is 3. The van der Waals surface area contributed by atoms with E-state index >= 15 is 0 Å². The molecule has 0 saturated carbocycles. The van der Waals surface area contributed by atoms with Crippen LogP contribution in [0.2, 0.25) is 0 Å². The van der Waals surface area contributed by atoms with Crippen molar-refractivity contribution >= 4 is 17.3 Å². The summed E-state index contributed by atoms with van der Waals surface area (Å²) in [6, 6.07) is 8.42. The zero-order valence-electron chi connectivity index (χ0n) is 9.40. The molecule has 0 aliphatic carbocycles. The highest BCUT2D eigenvalue weighted by atomic mass is 16.2. The lowest BCUT2D eigenvalue weighted by atomic mass is 9.89. The molecule has 0 spiro atoms. The van der Waals surface area contributed by atoms with Gasteiger partial charge < -0.3 is 0 Å². The van der Waals surface area contributed by atoms with Gasteiger partial charge in [-0.15, -0.1) is 0 Å². The maximum absolute atomic E-state index is 11.9. The highest BCUT2D eigenvalue weighted by molar-refractivity contribution is 6.23. The van der Waals surface area contributed by atoms with E-state index in [1.54, 1.807) is 37.3 Å². The molecular weight excluding hydrogens is 204 g/mol. The minimum absolute atomic E-state index is 0.197. The summed E-state index contributed by atoms with van der Waals surface area (Å²) in [6.45, 7) is 2.93. The first-order valence-corrected chi connectivity index (χ1v) is 5.20. The van der Waals surface area contributed by atoms with Gasteiger partial charge in [0.1, 0.15) is 11.7 Å². The van der Waals surface area contributed by atoms with Gasteiger partial charge in [-0.05, 0) is 6.92 Å². The van der Waals surface area contributed by atoms with Crippen molar-refractivity contribution in [1.82, 2.24) is 0 Å². The molecule has 0 fully saturated rings. The predicted octanol–water partition coefficient (Wildman–Crippen LogP) is 2.05. The fourth-order valence-corrected chi connectivity index (χ4v) is 1.53. The van der Waals surface area contributed by atoms with Crippen LogP contribution < -0.4 is 0 Å². The summed E-state index contributed by atoms with van der Waals surface area (Å²) < 4.78 is 0. The third-order valence-electron chi connectivity index (χ3n) is 2.40. The number of benzene rings is 1. The van der Waals surface area contributed by atoms with Gasteiger partial charge in [0, 0.05) is 12.0 Å². The van der Waals surface area contributed by atoms with Crippen LogP contribution in [0.25, 0.3) is 0 Å². The average Bonchev–Trinajstić information content (AvgIpc) is 2.29. The molecule has 0 bridgehead atoms. The number of hydrogen-bond acceptors (Lipinski definition) is 3. The summed E-state index contributed by atoms with van der Waals surface area (Å²) in [7, 11) is 0. The van der Waals surface area contributed by atoms with Gasteiger partial charge in [0.15, 0.2) is 11.6 Å². The van der Waals surface area contributed by atoms with Crippen LogP contribution in [0.4, 0.5) is 0 Å². The largest absolute Gasteiger partial charge is 0.299 e. The summed E-state index contributed by atoms with van der Waals surface area (Å²) >= 11 is 0. The number of carbonyl (C=O) groups excluding carboxylic acids is 3. The number of rotatable bonds is 5. The summed E-state index contributed by atoms with van der Waals surface area (Å²) in [5.41, 5.74) is 0.407. The first-order chi connectivity index (χ1) is 7.57. The van der Waals surface area contributed by atoms with Crippen molar-refractivity contribution in [2.75, 3.05) is 0 Å². The molecule has 0 radical (unpaired) electrons. The monoisotopic (exact) mass is 218 g/mol. The van der Waals surface area contributed by atoms with Gasteiger partial charge in [-0.3, -0.25) is 14.4 Å². The lowest BCUT2D eigenvalue weighted by Gasteiger charge is -2.10. The predicted molar refractivity (Wildman–Crippen MR) is 60.2 cm³/mol. The molecule has 3 nitrogen and oxygen atoms in total. The number of hydrogen-bond donors (Lipinski definition) is 0. The zero-order chi connectivity index (χ0) is 12.1. The zero-order valence-corrected chi connectivity index (χ0v) is 9.40. The van der Waals surface area contributed by atoms with Crippen molar-refractivity contribution < 1.29 is 14.4 Å². The SMILES string of the molecule is CCC(=O)C(C(C)=O)C(=O)c1ccccc1. The van der Waals surface area contributed by atoms with E-state index in [0.29, 0.717) is 5.56 Å². The Morgan fingerprint density at radius 3 is 2.12 bits per heavy atom. The topological polar surface area (TPSA) is 51.2 Å². The Kier molecular flexibility index (Phi) is 4.11. The van der Waals surface area contributed by atoms with E-state index in [9.17, 15) is 14.4 Å². The summed E-state index contributed by atoms with van der Waals surface area (Å²) in [5.74, 6) is -2.24. The van der Waals surface area contributed by atoms with Crippen molar-refractivity contribution in [3.63, 3.8) is 0 Å². The summed E-state index contributed by atoms with van der Waals surface area (Å²) in [6.07, 6.45) is 0.197. The smallest absolute Gasteiger partial charge is 0.180 e. The molecule has 0 saturated heterocycles. The third kappa shape index (κ3) is 2.63. The molecule has 0 aromatic heterocycles. The van der Waals surface area contributed by atoms with Crippen LogP contribution in [0.5, 0.6) is 0 Å². The number of ketones is 3. The molecule has 0 N–H and O–H groups in total. The maximum Gasteiger partial charge on any atom is 0.180 e. The second-order valence-electron chi connectivity index (χ2n) is 3.59. The molecule has 1 aromatic carbocycles.